The van der Waals surface area contributed by atoms with Gasteiger partial charge in [0.25, 0.3) is 0 Å². The summed E-state index contributed by atoms with van der Waals surface area (Å²) in [6.45, 7) is 11.2. The third kappa shape index (κ3) is 10.5. The lowest BCUT2D eigenvalue weighted by molar-refractivity contribution is -0.422. The summed E-state index contributed by atoms with van der Waals surface area (Å²) >= 11 is 0. The molecule has 0 saturated carbocycles. The molecule has 0 aliphatic carbocycles. The summed E-state index contributed by atoms with van der Waals surface area (Å²) < 4.78 is 9.71. The predicted octanol–water partition coefficient (Wildman–Crippen LogP) is 3.13. The Morgan fingerprint density at radius 3 is 2.53 bits per heavy atom. The fourth-order valence-corrected chi connectivity index (χ4v) is 1.31. The summed E-state index contributed by atoms with van der Waals surface area (Å²) in [5.74, 6) is 0. The van der Waals surface area contributed by atoms with E-state index in [0.717, 1.165) is 18.4 Å². The van der Waals surface area contributed by atoms with E-state index in [-0.39, 0.29) is 13.2 Å². The fourth-order valence-electron chi connectivity index (χ4n) is 1.31. The van der Waals surface area contributed by atoms with Gasteiger partial charge in [-0.05, 0) is 27.2 Å². The van der Waals surface area contributed by atoms with E-state index in [2.05, 4.69) is 11.3 Å². The van der Waals surface area contributed by atoms with E-state index in [4.69, 9.17) is 19.6 Å². The molecule has 6 heteroatoms. The van der Waals surface area contributed by atoms with Crippen LogP contribution in [-0.2, 0) is 19.2 Å². The van der Waals surface area contributed by atoms with E-state index in [1.807, 2.05) is 20.8 Å². The van der Waals surface area contributed by atoms with Crippen LogP contribution < -0.4 is 0 Å². The molecule has 0 radical (unpaired) electrons. The van der Waals surface area contributed by atoms with Crippen LogP contribution >= 0.6 is 0 Å². The molecule has 1 N–H and O–H groups in total. The first-order valence-corrected chi connectivity index (χ1v) is 6.23. The van der Waals surface area contributed by atoms with Crippen LogP contribution in [0.2, 0.25) is 0 Å². The van der Waals surface area contributed by atoms with Crippen LogP contribution in [0.1, 0.15) is 40.5 Å². The molecular weight excluding hydrogens is 252 g/mol. The monoisotopic (exact) mass is 276 g/mol. The Labute approximate surface area is 114 Å². The molecule has 0 heterocycles. The summed E-state index contributed by atoms with van der Waals surface area (Å²) in [5, 5.41) is 8.46. The van der Waals surface area contributed by atoms with Crippen LogP contribution in [-0.4, -0.2) is 36.4 Å². The van der Waals surface area contributed by atoms with Crippen molar-refractivity contribution in [2.45, 2.75) is 52.4 Å². The van der Waals surface area contributed by atoms with Crippen LogP contribution in [0.25, 0.3) is 0 Å². The Hall–Kier alpha value is -1.11. The molecule has 6 nitrogen and oxygen atoms in total. The average molecular weight is 276 g/mol. The summed E-state index contributed by atoms with van der Waals surface area (Å²) in [7, 11) is 0. The molecule has 0 aromatic carbocycles. The van der Waals surface area contributed by atoms with Gasteiger partial charge < -0.3 is 14.6 Å². The first kappa shape index (κ1) is 17.9. The molecule has 1 atom stereocenters. The second-order valence-corrected chi connectivity index (χ2v) is 4.96. The minimum absolute atomic E-state index is 0.241. The van der Waals surface area contributed by atoms with E-state index in [1.165, 1.54) is 0 Å². The molecule has 0 fully saturated rings. The van der Waals surface area contributed by atoms with Crippen molar-refractivity contribution in [3.8, 4) is 0 Å². The Morgan fingerprint density at radius 2 is 2.05 bits per heavy atom. The first-order valence-electron chi connectivity index (χ1n) is 6.23. The largest absolute Gasteiger partial charge is 0.505 e. The van der Waals surface area contributed by atoms with Crippen LogP contribution in [0, 0.1) is 0 Å². The maximum Gasteiger partial charge on any atom is 0.505 e. The van der Waals surface area contributed by atoms with Crippen molar-refractivity contribution in [3.63, 3.8) is 0 Å². The lowest BCUT2D eigenvalue weighted by Gasteiger charge is -2.26. The molecule has 112 valence electrons. The molecular formula is C13H24O6. The molecule has 19 heavy (non-hydrogen) atoms. The maximum absolute atomic E-state index is 10.4. The number of hydrogen-bond donors (Lipinski definition) is 1. The van der Waals surface area contributed by atoms with Gasteiger partial charge in [0.2, 0.25) is 6.29 Å². The minimum atomic E-state index is -1.39. The van der Waals surface area contributed by atoms with Gasteiger partial charge in [-0.3, -0.25) is 0 Å². The average Bonchev–Trinajstić information content (AvgIpc) is 2.27. The fraction of sp³-hybridized carbons (Fsp3) is 0.769. The number of carbonyl (C=O) groups is 1. The van der Waals surface area contributed by atoms with Gasteiger partial charge in [0, 0.05) is 0 Å². The highest BCUT2D eigenvalue weighted by molar-refractivity contribution is 5.56. The lowest BCUT2D eigenvalue weighted by atomic mass is 10.0. The van der Waals surface area contributed by atoms with Crippen LogP contribution in [0.4, 0.5) is 4.79 Å². The molecule has 0 saturated heterocycles. The zero-order chi connectivity index (χ0) is 14.9. The predicted molar refractivity (Wildman–Crippen MR) is 69.7 cm³/mol. The van der Waals surface area contributed by atoms with Crippen molar-refractivity contribution in [1.29, 1.82) is 0 Å². The van der Waals surface area contributed by atoms with Gasteiger partial charge in [-0.1, -0.05) is 25.5 Å². The molecule has 0 bridgehead atoms. The molecule has 0 aromatic rings. The molecule has 0 spiro atoms. The van der Waals surface area contributed by atoms with E-state index in [9.17, 15) is 4.79 Å². The first-order chi connectivity index (χ1) is 8.76. The smallest absolute Gasteiger partial charge is 0.450 e. The number of rotatable bonds is 10. The van der Waals surface area contributed by atoms with Gasteiger partial charge in [-0.25, -0.2) is 14.6 Å². The van der Waals surface area contributed by atoms with Crippen LogP contribution in [0.15, 0.2) is 12.2 Å². The van der Waals surface area contributed by atoms with Crippen molar-refractivity contribution in [2.75, 3.05) is 13.2 Å². The van der Waals surface area contributed by atoms with Gasteiger partial charge in [-0.15, -0.1) is 0 Å². The molecule has 0 aliphatic rings. The zero-order valence-corrected chi connectivity index (χ0v) is 12.1. The quantitative estimate of drug-likeness (QED) is 0.217. The molecule has 0 amide bonds. The van der Waals surface area contributed by atoms with E-state index >= 15 is 0 Å². The maximum atomic E-state index is 10.4. The van der Waals surface area contributed by atoms with Gasteiger partial charge in [0.05, 0.1) is 12.2 Å². The normalized spacial score (nSPS) is 13.1. The number of hydrogen-bond acceptors (Lipinski definition) is 5. The molecule has 0 aromatic heterocycles. The molecule has 0 aliphatic heterocycles. The summed E-state index contributed by atoms with van der Waals surface area (Å²) in [6, 6.07) is 0. The Morgan fingerprint density at radius 1 is 1.42 bits per heavy atom. The molecule has 0 rings (SSSR count). The topological polar surface area (TPSA) is 74.2 Å². The second-order valence-electron chi connectivity index (χ2n) is 4.96. The number of ether oxygens (including phenoxy) is 2. The Balaban J connectivity index is 4.23. The Kier molecular flexibility index (Phi) is 8.38. The van der Waals surface area contributed by atoms with Gasteiger partial charge in [0.15, 0.2) is 0 Å². The molecule has 1 unspecified atom stereocenters. The van der Waals surface area contributed by atoms with E-state index < -0.39 is 18.0 Å². The van der Waals surface area contributed by atoms with Crippen LogP contribution in [0.5, 0.6) is 0 Å². The number of carboxylic acid groups (broad SMARTS) is 1. The van der Waals surface area contributed by atoms with E-state index in [0.29, 0.717) is 0 Å². The lowest BCUT2D eigenvalue weighted by Crippen LogP contribution is -2.32. The second kappa shape index (κ2) is 8.90. The van der Waals surface area contributed by atoms with Crippen molar-refractivity contribution in [3.05, 3.63) is 12.2 Å². The summed E-state index contributed by atoms with van der Waals surface area (Å²) in [4.78, 5) is 20.7. The summed E-state index contributed by atoms with van der Waals surface area (Å²) in [6.07, 6.45) is -0.552. The zero-order valence-electron chi connectivity index (χ0n) is 12.1. The third-order valence-corrected chi connectivity index (χ3v) is 2.09. The highest BCUT2D eigenvalue weighted by Crippen LogP contribution is 2.18. The third-order valence-electron chi connectivity index (χ3n) is 2.09. The van der Waals surface area contributed by atoms with Crippen molar-refractivity contribution < 1.29 is 29.1 Å². The highest BCUT2D eigenvalue weighted by atomic mass is 17.2. The van der Waals surface area contributed by atoms with Gasteiger partial charge >= 0.3 is 6.16 Å². The standard InChI is InChI=1S/C13H24O6/c1-6-7-13(4,5)19-18-11(9-17-12(14)15)16-8-10(2)3/h11H,2,6-9H2,1,3-5H3,(H,14,15). The van der Waals surface area contributed by atoms with E-state index in [1.54, 1.807) is 6.92 Å². The van der Waals surface area contributed by atoms with Gasteiger partial charge in [0.1, 0.15) is 6.61 Å². The van der Waals surface area contributed by atoms with Crippen molar-refractivity contribution in [2.24, 2.45) is 0 Å². The van der Waals surface area contributed by atoms with Gasteiger partial charge in [-0.2, -0.15) is 0 Å². The van der Waals surface area contributed by atoms with Crippen molar-refractivity contribution in [1.82, 2.24) is 0 Å². The van der Waals surface area contributed by atoms with Crippen LogP contribution in [0.3, 0.4) is 0 Å². The SMILES string of the molecule is C=C(C)COC(COC(=O)O)OOC(C)(C)CCC. The minimum Gasteiger partial charge on any atom is -0.450 e. The highest BCUT2D eigenvalue weighted by Gasteiger charge is 2.22. The van der Waals surface area contributed by atoms with Crippen molar-refractivity contribution >= 4 is 6.16 Å². The Bertz CT molecular complexity index is 269. The summed E-state index contributed by atoms with van der Waals surface area (Å²) in [5.41, 5.74) is 0.319.